The van der Waals surface area contributed by atoms with Crippen LogP contribution in [0.5, 0.6) is 0 Å². The summed E-state index contributed by atoms with van der Waals surface area (Å²) in [4.78, 5) is 59.7. The fourth-order valence-electron chi connectivity index (χ4n) is 2.70. The van der Waals surface area contributed by atoms with Gasteiger partial charge in [0.1, 0.15) is 12.2 Å². The SMILES string of the molecule is O=C(COC(=O)CN1C(=O)c2cc(Cl)c(Cl)cc2C1=O)Nc1cc(Cl)ccc1[N+](=O)[O-]. The maximum atomic E-state index is 12.4. The molecule has 13 heteroatoms. The van der Waals surface area contributed by atoms with Crippen LogP contribution in [0.2, 0.25) is 15.1 Å². The van der Waals surface area contributed by atoms with Crippen LogP contribution in [-0.2, 0) is 14.3 Å². The lowest BCUT2D eigenvalue weighted by Crippen LogP contribution is -2.36. The van der Waals surface area contributed by atoms with Gasteiger partial charge in [0, 0.05) is 11.1 Å². The highest BCUT2D eigenvalue weighted by Gasteiger charge is 2.37. The van der Waals surface area contributed by atoms with E-state index in [1.807, 2.05) is 0 Å². The molecule has 0 saturated carbocycles. The molecule has 160 valence electrons. The Balaban J connectivity index is 1.60. The van der Waals surface area contributed by atoms with Crippen molar-refractivity contribution in [2.45, 2.75) is 0 Å². The summed E-state index contributed by atoms with van der Waals surface area (Å²) in [6, 6.07) is 5.98. The Hall–Kier alpha value is -3.21. The average Bonchev–Trinajstić information content (AvgIpc) is 2.91. The predicted octanol–water partition coefficient (Wildman–Crippen LogP) is 3.33. The monoisotopic (exact) mass is 485 g/mol. The molecule has 1 aliphatic heterocycles. The maximum Gasteiger partial charge on any atom is 0.326 e. The van der Waals surface area contributed by atoms with Crippen molar-refractivity contribution >= 4 is 69.9 Å². The fraction of sp³-hybridized carbons (Fsp3) is 0.111. The molecule has 10 nitrogen and oxygen atoms in total. The van der Waals surface area contributed by atoms with Crippen LogP contribution in [-0.4, -0.2) is 46.7 Å². The minimum absolute atomic E-state index is 0.0155. The summed E-state index contributed by atoms with van der Waals surface area (Å²) in [6.07, 6.45) is 0. The van der Waals surface area contributed by atoms with Gasteiger partial charge in [-0.1, -0.05) is 34.8 Å². The zero-order chi connectivity index (χ0) is 22.9. The molecule has 2 aromatic carbocycles. The summed E-state index contributed by atoms with van der Waals surface area (Å²) in [7, 11) is 0. The first-order chi connectivity index (χ1) is 14.6. The standard InChI is InChI=1S/C18H10Cl3N3O7/c19-8-1-2-14(24(29)30)13(3-8)22-15(25)7-31-16(26)6-23-17(27)9-4-11(20)12(21)5-10(9)18(23)28/h1-5H,6-7H2,(H,22,25). The van der Waals surface area contributed by atoms with Crippen molar-refractivity contribution in [3.05, 3.63) is 66.6 Å². The summed E-state index contributed by atoms with van der Waals surface area (Å²) in [6.45, 7) is -1.57. The van der Waals surface area contributed by atoms with E-state index in [4.69, 9.17) is 39.5 Å². The van der Waals surface area contributed by atoms with Gasteiger partial charge in [-0.25, -0.2) is 0 Å². The molecular formula is C18H10Cl3N3O7. The smallest absolute Gasteiger partial charge is 0.326 e. The van der Waals surface area contributed by atoms with Crippen molar-refractivity contribution in [2.75, 3.05) is 18.5 Å². The quantitative estimate of drug-likeness (QED) is 0.286. The molecule has 0 aromatic heterocycles. The Labute approximate surface area is 188 Å². The number of nitrogens with one attached hydrogen (secondary N) is 1. The number of hydrogen-bond acceptors (Lipinski definition) is 7. The van der Waals surface area contributed by atoms with E-state index in [-0.39, 0.29) is 31.9 Å². The van der Waals surface area contributed by atoms with Crippen LogP contribution in [0.15, 0.2) is 30.3 Å². The lowest BCUT2D eigenvalue weighted by molar-refractivity contribution is -0.383. The van der Waals surface area contributed by atoms with Crippen molar-refractivity contribution in [1.29, 1.82) is 0 Å². The number of nitrogens with zero attached hydrogens (tertiary/aromatic N) is 2. The Bertz CT molecular complexity index is 1110. The van der Waals surface area contributed by atoms with E-state index in [2.05, 4.69) is 5.32 Å². The van der Waals surface area contributed by atoms with Gasteiger partial charge in [0.25, 0.3) is 23.4 Å². The number of rotatable bonds is 6. The van der Waals surface area contributed by atoms with Gasteiger partial charge < -0.3 is 10.1 Å². The number of anilines is 1. The van der Waals surface area contributed by atoms with Crippen LogP contribution in [0, 0.1) is 10.1 Å². The second-order valence-corrected chi connectivity index (χ2v) is 7.39. The molecular weight excluding hydrogens is 477 g/mol. The first-order valence-corrected chi connectivity index (χ1v) is 9.46. The zero-order valence-corrected chi connectivity index (χ0v) is 17.5. The van der Waals surface area contributed by atoms with Crippen LogP contribution in [0.25, 0.3) is 0 Å². The Morgan fingerprint density at radius 1 is 1.03 bits per heavy atom. The second kappa shape index (κ2) is 8.88. The molecule has 0 radical (unpaired) electrons. The second-order valence-electron chi connectivity index (χ2n) is 6.14. The van der Waals surface area contributed by atoms with E-state index >= 15 is 0 Å². The minimum Gasteiger partial charge on any atom is -0.454 e. The number of nitro benzene ring substituents is 1. The molecule has 1 aliphatic rings. The third-order valence-electron chi connectivity index (χ3n) is 4.09. The normalized spacial score (nSPS) is 12.5. The van der Waals surface area contributed by atoms with E-state index < -0.39 is 47.5 Å². The number of carbonyl (C=O) groups excluding carboxylic acids is 4. The summed E-state index contributed by atoms with van der Waals surface area (Å²) >= 11 is 17.5. The Kier molecular flexibility index (Phi) is 6.44. The molecule has 0 fully saturated rings. The van der Waals surface area contributed by atoms with Gasteiger partial charge in [-0.15, -0.1) is 0 Å². The number of nitro groups is 1. The van der Waals surface area contributed by atoms with Crippen LogP contribution in [0.1, 0.15) is 20.7 Å². The van der Waals surface area contributed by atoms with Gasteiger partial charge in [0.2, 0.25) is 0 Å². The fourth-order valence-corrected chi connectivity index (χ4v) is 3.20. The Morgan fingerprint density at radius 2 is 1.61 bits per heavy atom. The third kappa shape index (κ3) is 4.76. The number of ether oxygens (including phenoxy) is 1. The molecule has 31 heavy (non-hydrogen) atoms. The highest BCUT2D eigenvalue weighted by atomic mass is 35.5. The molecule has 1 heterocycles. The number of carbonyl (C=O) groups is 4. The number of benzene rings is 2. The van der Waals surface area contributed by atoms with Gasteiger partial charge >= 0.3 is 5.97 Å². The van der Waals surface area contributed by atoms with Gasteiger partial charge in [-0.3, -0.25) is 34.2 Å². The molecule has 0 aliphatic carbocycles. The van der Waals surface area contributed by atoms with E-state index in [9.17, 15) is 29.3 Å². The summed E-state index contributed by atoms with van der Waals surface area (Å²) < 4.78 is 4.76. The molecule has 2 aromatic rings. The van der Waals surface area contributed by atoms with Crippen molar-refractivity contribution in [1.82, 2.24) is 4.90 Å². The molecule has 3 rings (SSSR count). The molecule has 1 N–H and O–H groups in total. The summed E-state index contributed by atoms with van der Waals surface area (Å²) in [5.74, 6) is -3.48. The lowest BCUT2D eigenvalue weighted by atomic mass is 10.1. The van der Waals surface area contributed by atoms with E-state index in [0.29, 0.717) is 4.90 Å². The first kappa shape index (κ1) is 22.5. The molecule has 0 unspecified atom stereocenters. The van der Waals surface area contributed by atoms with Crippen molar-refractivity contribution in [2.24, 2.45) is 0 Å². The number of amides is 3. The highest BCUT2D eigenvalue weighted by Crippen LogP contribution is 2.31. The largest absolute Gasteiger partial charge is 0.454 e. The molecule has 0 spiro atoms. The first-order valence-electron chi connectivity index (χ1n) is 8.33. The molecule has 3 amide bonds. The minimum atomic E-state index is -1.05. The van der Waals surface area contributed by atoms with Gasteiger partial charge in [0.15, 0.2) is 6.61 Å². The number of imide groups is 1. The number of hydrogen-bond donors (Lipinski definition) is 1. The molecule has 0 bridgehead atoms. The third-order valence-corrected chi connectivity index (χ3v) is 5.05. The summed E-state index contributed by atoms with van der Waals surface area (Å²) in [5.41, 5.74) is -0.628. The van der Waals surface area contributed by atoms with E-state index in [1.165, 1.54) is 18.2 Å². The predicted molar refractivity (Wildman–Crippen MR) is 110 cm³/mol. The number of esters is 1. The van der Waals surface area contributed by atoms with Gasteiger partial charge in [-0.05, 0) is 24.3 Å². The summed E-state index contributed by atoms with van der Waals surface area (Å²) in [5, 5.41) is 13.5. The van der Waals surface area contributed by atoms with Crippen molar-refractivity contribution in [3.8, 4) is 0 Å². The van der Waals surface area contributed by atoms with E-state index in [1.54, 1.807) is 0 Å². The average molecular weight is 487 g/mol. The van der Waals surface area contributed by atoms with E-state index in [0.717, 1.165) is 12.1 Å². The lowest BCUT2D eigenvalue weighted by Gasteiger charge is -2.13. The van der Waals surface area contributed by atoms with Crippen molar-refractivity contribution in [3.63, 3.8) is 0 Å². The topological polar surface area (TPSA) is 136 Å². The van der Waals surface area contributed by atoms with Crippen LogP contribution < -0.4 is 5.32 Å². The van der Waals surface area contributed by atoms with Crippen molar-refractivity contribution < 1.29 is 28.8 Å². The van der Waals surface area contributed by atoms with Gasteiger partial charge in [-0.2, -0.15) is 0 Å². The molecule has 0 saturated heterocycles. The number of fused-ring (bicyclic) bond motifs is 1. The number of halogens is 3. The van der Waals surface area contributed by atoms with Gasteiger partial charge in [0.05, 0.1) is 26.1 Å². The zero-order valence-electron chi connectivity index (χ0n) is 15.2. The van der Waals surface area contributed by atoms with Crippen LogP contribution in [0.3, 0.4) is 0 Å². The molecule has 0 atom stereocenters. The Morgan fingerprint density at radius 3 is 2.16 bits per heavy atom. The van der Waals surface area contributed by atoms with Crippen LogP contribution >= 0.6 is 34.8 Å². The van der Waals surface area contributed by atoms with Crippen LogP contribution in [0.4, 0.5) is 11.4 Å². The highest BCUT2D eigenvalue weighted by molar-refractivity contribution is 6.43. The maximum absolute atomic E-state index is 12.4.